The highest BCUT2D eigenvalue weighted by molar-refractivity contribution is 6.00. The smallest absolute Gasteiger partial charge is 0.339 e. The van der Waals surface area contributed by atoms with Gasteiger partial charge in [-0.05, 0) is 61.9 Å². The number of para-hydroxylation sites is 1. The van der Waals surface area contributed by atoms with Crippen LogP contribution in [0.2, 0.25) is 0 Å². The Labute approximate surface area is 260 Å². The molecule has 11 heteroatoms. The van der Waals surface area contributed by atoms with Crippen LogP contribution < -0.4 is 10.6 Å². The number of aryl methyl sites for hydroxylation is 1. The molecule has 1 aliphatic heterocycles. The Hall–Kier alpha value is -4.67. The van der Waals surface area contributed by atoms with Crippen LogP contribution in [0.25, 0.3) is 5.69 Å². The predicted octanol–water partition coefficient (Wildman–Crippen LogP) is 7.63. The van der Waals surface area contributed by atoms with Gasteiger partial charge in [0.05, 0.1) is 22.5 Å². The Morgan fingerprint density at radius 2 is 1.64 bits per heavy atom. The van der Waals surface area contributed by atoms with E-state index in [2.05, 4.69) is 36.4 Å². The van der Waals surface area contributed by atoms with Gasteiger partial charge in [0.2, 0.25) is 0 Å². The van der Waals surface area contributed by atoms with E-state index in [1.807, 2.05) is 61.5 Å². The third-order valence-electron chi connectivity index (χ3n) is 8.03. The van der Waals surface area contributed by atoms with Gasteiger partial charge in [0.25, 0.3) is 5.91 Å². The highest BCUT2D eigenvalue weighted by Crippen LogP contribution is 2.33. The lowest BCUT2D eigenvalue weighted by Crippen LogP contribution is -2.39. The van der Waals surface area contributed by atoms with Crippen molar-refractivity contribution in [1.82, 2.24) is 19.7 Å². The first-order valence-electron chi connectivity index (χ1n) is 14.9. The number of pyridine rings is 1. The second-order valence-corrected chi connectivity index (χ2v) is 12.5. The number of hydrogen-bond donors (Lipinski definition) is 2. The van der Waals surface area contributed by atoms with Crippen LogP contribution in [0.15, 0.2) is 73.1 Å². The van der Waals surface area contributed by atoms with Gasteiger partial charge in [-0.25, -0.2) is 9.48 Å². The molecule has 236 valence electrons. The van der Waals surface area contributed by atoms with Crippen LogP contribution in [0.5, 0.6) is 0 Å². The minimum absolute atomic E-state index is 0.188. The number of carbonyl (C=O) groups is 2. The quantitative estimate of drug-likeness (QED) is 0.232. The molecule has 0 radical (unpaired) electrons. The topological polar surface area (TPSA) is 92.2 Å². The number of piperidine rings is 1. The van der Waals surface area contributed by atoms with E-state index in [1.165, 1.54) is 4.90 Å². The first-order valence-corrected chi connectivity index (χ1v) is 14.9. The minimum Gasteiger partial charge on any atom is -0.339 e. The fourth-order valence-electron chi connectivity index (χ4n) is 5.44. The zero-order chi connectivity index (χ0) is 32.4. The molecule has 8 nitrogen and oxygen atoms in total. The number of benzene rings is 2. The number of amides is 3. The molecule has 1 aliphatic rings. The molecule has 0 unspecified atom stereocenters. The Morgan fingerprint density at radius 3 is 2.31 bits per heavy atom. The summed E-state index contributed by atoms with van der Waals surface area (Å²) in [6.45, 7) is 8.88. The van der Waals surface area contributed by atoms with Crippen molar-refractivity contribution >= 4 is 23.4 Å². The molecule has 4 aromatic rings. The molecule has 0 aliphatic carbocycles. The number of hydrogen-bond acceptors (Lipinski definition) is 4. The number of aromatic nitrogens is 3. The van der Waals surface area contributed by atoms with E-state index in [0.717, 1.165) is 41.0 Å². The standard InChI is InChI=1S/C34H37F3N6O2/c1-22-9-11-25(12-10-22)43-30(20-29(41-43)33(2,3)4)40-32(45)39-28-8-6-5-7-24(28)19-23-14-17-42(18-15-23)31(44)26-21-38-16-13-27(26)34(35,36)37/h5-13,16,20-21,23H,14-15,17-19H2,1-4H3,(H2,39,40,45). The fourth-order valence-corrected chi connectivity index (χ4v) is 5.44. The summed E-state index contributed by atoms with van der Waals surface area (Å²) in [4.78, 5) is 31.5. The lowest BCUT2D eigenvalue weighted by molar-refractivity contribution is -0.138. The van der Waals surface area contributed by atoms with Gasteiger partial charge < -0.3 is 10.2 Å². The van der Waals surface area contributed by atoms with Gasteiger partial charge in [-0.2, -0.15) is 18.3 Å². The third-order valence-corrected chi connectivity index (χ3v) is 8.03. The van der Waals surface area contributed by atoms with Crippen molar-refractivity contribution < 1.29 is 22.8 Å². The molecule has 1 saturated heterocycles. The summed E-state index contributed by atoms with van der Waals surface area (Å²) in [6.07, 6.45) is -0.710. The number of nitrogens with zero attached hydrogens (tertiary/aromatic N) is 4. The molecule has 2 aromatic carbocycles. The van der Waals surface area contributed by atoms with E-state index in [-0.39, 0.29) is 11.3 Å². The zero-order valence-electron chi connectivity index (χ0n) is 25.8. The molecular formula is C34H37F3N6O2. The number of carbonyl (C=O) groups excluding carboxylic acids is 2. The molecule has 3 heterocycles. The monoisotopic (exact) mass is 618 g/mol. The van der Waals surface area contributed by atoms with Crippen LogP contribution in [0, 0.1) is 12.8 Å². The number of likely N-dealkylation sites (tertiary alicyclic amines) is 1. The highest BCUT2D eigenvalue weighted by atomic mass is 19.4. The second kappa shape index (κ2) is 12.7. The summed E-state index contributed by atoms with van der Waals surface area (Å²) in [5.41, 5.74) is 2.75. The lowest BCUT2D eigenvalue weighted by Gasteiger charge is -2.33. The normalized spacial score (nSPS) is 14.3. The van der Waals surface area contributed by atoms with E-state index < -0.39 is 29.2 Å². The summed E-state index contributed by atoms with van der Waals surface area (Å²) >= 11 is 0. The highest BCUT2D eigenvalue weighted by Gasteiger charge is 2.37. The number of alkyl halides is 3. The van der Waals surface area contributed by atoms with Crippen LogP contribution in [-0.2, 0) is 18.0 Å². The van der Waals surface area contributed by atoms with Crippen LogP contribution in [0.1, 0.15) is 66.4 Å². The number of rotatable bonds is 6. The van der Waals surface area contributed by atoms with E-state index in [4.69, 9.17) is 5.10 Å². The Bertz CT molecular complexity index is 1670. The summed E-state index contributed by atoms with van der Waals surface area (Å²) < 4.78 is 42.1. The first kappa shape index (κ1) is 31.7. The predicted molar refractivity (Wildman–Crippen MR) is 168 cm³/mol. The van der Waals surface area contributed by atoms with E-state index in [1.54, 1.807) is 4.68 Å². The molecule has 0 bridgehead atoms. The number of anilines is 2. The van der Waals surface area contributed by atoms with Crippen molar-refractivity contribution in [1.29, 1.82) is 0 Å². The van der Waals surface area contributed by atoms with Crippen molar-refractivity contribution in [2.45, 2.75) is 58.5 Å². The fraction of sp³-hybridized carbons (Fsp3) is 0.353. The van der Waals surface area contributed by atoms with Crippen molar-refractivity contribution in [2.75, 3.05) is 23.7 Å². The average Bonchev–Trinajstić information content (AvgIpc) is 3.42. The Balaban J connectivity index is 1.25. The zero-order valence-corrected chi connectivity index (χ0v) is 25.8. The maximum atomic E-state index is 13.5. The van der Waals surface area contributed by atoms with E-state index in [0.29, 0.717) is 43.9 Å². The maximum absolute atomic E-state index is 13.5. The molecule has 0 spiro atoms. The number of halogens is 3. The first-order chi connectivity index (χ1) is 21.3. The largest absolute Gasteiger partial charge is 0.417 e. The Kier molecular flexibility index (Phi) is 8.99. The number of urea groups is 1. The summed E-state index contributed by atoms with van der Waals surface area (Å²) in [6, 6.07) is 17.7. The lowest BCUT2D eigenvalue weighted by atomic mass is 9.89. The summed E-state index contributed by atoms with van der Waals surface area (Å²) in [5, 5.41) is 10.7. The maximum Gasteiger partial charge on any atom is 0.417 e. The summed E-state index contributed by atoms with van der Waals surface area (Å²) in [5.74, 6) is 0.0681. The van der Waals surface area contributed by atoms with Gasteiger partial charge in [0.15, 0.2) is 0 Å². The van der Waals surface area contributed by atoms with Gasteiger partial charge in [-0.15, -0.1) is 0 Å². The van der Waals surface area contributed by atoms with Crippen molar-refractivity contribution in [3.05, 3.63) is 101 Å². The van der Waals surface area contributed by atoms with Gasteiger partial charge in [0, 0.05) is 42.7 Å². The number of nitrogens with one attached hydrogen (secondary N) is 2. The van der Waals surface area contributed by atoms with Crippen molar-refractivity contribution in [3.8, 4) is 5.69 Å². The Morgan fingerprint density at radius 1 is 0.956 bits per heavy atom. The van der Waals surface area contributed by atoms with Crippen LogP contribution in [0.4, 0.5) is 29.5 Å². The van der Waals surface area contributed by atoms with Gasteiger partial charge in [-0.3, -0.25) is 15.1 Å². The molecule has 2 N–H and O–H groups in total. The summed E-state index contributed by atoms with van der Waals surface area (Å²) in [7, 11) is 0. The van der Waals surface area contributed by atoms with Gasteiger partial charge in [-0.1, -0.05) is 56.7 Å². The molecule has 0 saturated carbocycles. The SMILES string of the molecule is Cc1ccc(-n2nc(C(C)(C)C)cc2NC(=O)Nc2ccccc2CC2CCN(C(=O)c3cnccc3C(F)(F)F)CC2)cc1. The van der Waals surface area contributed by atoms with Crippen molar-refractivity contribution in [3.63, 3.8) is 0 Å². The van der Waals surface area contributed by atoms with Crippen molar-refractivity contribution in [2.24, 2.45) is 5.92 Å². The molecule has 1 fully saturated rings. The van der Waals surface area contributed by atoms with E-state index >= 15 is 0 Å². The van der Waals surface area contributed by atoms with Gasteiger partial charge in [0.1, 0.15) is 5.82 Å². The molecule has 2 aromatic heterocycles. The molecular weight excluding hydrogens is 581 g/mol. The molecule has 5 rings (SSSR count). The van der Waals surface area contributed by atoms with Crippen LogP contribution in [-0.4, -0.2) is 44.7 Å². The molecule has 0 atom stereocenters. The second-order valence-electron chi connectivity index (χ2n) is 12.5. The average molecular weight is 619 g/mol. The minimum atomic E-state index is -4.63. The third kappa shape index (κ3) is 7.53. The molecule has 45 heavy (non-hydrogen) atoms. The van der Waals surface area contributed by atoms with Crippen LogP contribution in [0.3, 0.4) is 0 Å². The van der Waals surface area contributed by atoms with Crippen LogP contribution >= 0.6 is 0 Å². The van der Waals surface area contributed by atoms with E-state index in [9.17, 15) is 22.8 Å². The molecule has 3 amide bonds. The van der Waals surface area contributed by atoms with Gasteiger partial charge >= 0.3 is 12.2 Å².